The van der Waals surface area contributed by atoms with Crippen LogP contribution >= 0.6 is 11.8 Å². The molecular weight excluding hydrogens is 640 g/mol. The Morgan fingerprint density at radius 1 is 0.935 bits per heavy atom. The molecule has 2 aliphatic rings. The van der Waals surface area contributed by atoms with E-state index in [1.54, 1.807) is 62.4 Å². The lowest BCUT2D eigenvalue weighted by molar-refractivity contribution is -0.385. The number of carbonyl (C=O) groups is 3. The summed E-state index contributed by atoms with van der Waals surface area (Å²) in [5, 5.41) is 32.7. The number of nitrogens with one attached hydrogen (secondary N) is 1. The van der Waals surface area contributed by atoms with Gasteiger partial charge < -0.3 is 24.6 Å². The molecule has 2 saturated heterocycles. The molecule has 242 valence electrons. The van der Waals surface area contributed by atoms with Gasteiger partial charge in [-0.1, -0.05) is 18.2 Å². The third kappa shape index (κ3) is 8.32. The standard InChI is InChI=1S/C16H18N2O5S.C14H12N2O5S/c1-16(2)12(15(21)22)18-13(20)11(14(18)24-16)17-10(19)8-23-9-6-4-3-5-7-9;17-15(18)13-5-1-11(2-6-13)9-22(21)10-12-3-7-14(8-4-12)16(19)20/h3-7,11-12,14H,8H2,1-2H3,(H,17,19)(H,21,22);1-8H,9-10H2/t11-,12+,14-;/m1./s1. The van der Waals surface area contributed by atoms with Gasteiger partial charge in [-0.2, -0.15) is 0 Å². The van der Waals surface area contributed by atoms with Gasteiger partial charge in [-0.25, -0.2) is 4.79 Å². The van der Waals surface area contributed by atoms with Crippen molar-refractivity contribution in [2.24, 2.45) is 0 Å². The summed E-state index contributed by atoms with van der Waals surface area (Å²) in [7, 11) is 0. The predicted molar refractivity (Wildman–Crippen MR) is 169 cm³/mol. The molecule has 5 rings (SSSR count). The number of carboxylic acids is 1. The molecule has 2 aliphatic heterocycles. The summed E-state index contributed by atoms with van der Waals surface area (Å²) in [5.41, 5.74) is 1.46. The van der Waals surface area contributed by atoms with Gasteiger partial charge in [-0.3, -0.25) is 29.8 Å². The summed E-state index contributed by atoms with van der Waals surface area (Å²) < 4.78 is 16.8. The molecule has 0 aliphatic carbocycles. The van der Waals surface area contributed by atoms with Gasteiger partial charge in [0.25, 0.3) is 17.3 Å². The molecule has 46 heavy (non-hydrogen) atoms. The summed E-state index contributed by atoms with van der Waals surface area (Å²) in [6.07, 6.45) is 0. The van der Waals surface area contributed by atoms with Crippen LogP contribution in [0.25, 0.3) is 0 Å². The number of carboxylic acid groups (broad SMARTS) is 1. The number of hydrogen-bond acceptors (Lipinski definition) is 10. The molecular formula is C30H30N4O10S2. The molecule has 0 radical (unpaired) electrons. The summed E-state index contributed by atoms with van der Waals surface area (Å²) in [6.45, 7) is 3.38. The van der Waals surface area contributed by atoms with E-state index in [9.17, 15) is 44.3 Å². The predicted octanol–water partition coefficient (Wildman–Crippen LogP) is 3.65. The zero-order chi connectivity index (χ0) is 33.6. The molecule has 3 atom stereocenters. The fourth-order valence-corrected chi connectivity index (χ4v) is 7.73. The number of ether oxygens (including phenoxy) is 1. The van der Waals surface area contributed by atoms with Crippen molar-refractivity contribution >= 4 is 52.1 Å². The van der Waals surface area contributed by atoms with Crippen molar-refractivity contribution in [3.8, 4) is 5.75 Å². The van der Waals surface area contributed by atoms with Gasteiger partial charge >= 0.3 is 5.97 Å². The zero-order valence-corrected chi connectivity index (χ0v) is 26.3. The third-order valence-electron chi connectivity index (χ3n) is 7.05. The maximum absolute atomic E-state index is 12.2. The van der Waals surface area contributed by atoms with Crippen LogP contribution in [0.2, 0.25) is 0 Å². The van der Waals surface area contributed by atoms with Crippen LogP contribution in [0.1, 0.15) is 25.0 Å². The summed E-state index contributed by atoms with van der Waals surface area (Å²) >= 11 is 0.195. The smallest absolute Gasteiger partial charge is 0.327 e. The van der Waals surface area contributed by atoms with E-state index in [-0.39, 0.29) is 40.8 Å². The number of amides is 2. The second-order valence-electron chi connectivity index (χ2n) is 10.8. The van der Waals surface area contributed by atoms with Crippen molar-refractivity contribution in [2.75, 3.05) is 6.61 Å². The largest absolute Gasteiger partial charge is 0.616 e. The molecule has 3 aromatic rings. The number of nitro benzene ring substituents is 2. The van der Waals surface area contributed by atoms with Crippen molar-refractivity contribution in [1.29, 1.82) is 0 Å². The van der Waals surface area contributed by atoms with Crippen LogP contribution in [0.3, 0.4) is 0 Å². The minimum atomic E-state index is -1.20. The number of para-hydroxylation sites is 1. The number of nitro groups is 2. The van der Waals surface area contributed by atoms with Crippen LogP contribution in [-0.2, 0) is 37.1 Å². The average molecular weight is 671 g/mol. The number of β-lactam (4-membered cyclic amide) rings is 1. The van der Waals surface area contributed by atoms with E-state index in [4.69, 9.17) is 4.74 Å². The highest BCUT2D eigenvalue weighted by Crippen LogP contribution is 2.50. The number of thioether (sulfide) groups is 1. The summed E-state index contributed by atoms with van der Waals surface area (Å²) in [5.74, 6) is -0.686. The number of rotatable bonds is 11. The Morgan fingerprint density at radius 3 is 1.89 bits per heavy atom. The van der Waals surface area contributed by atoms with Gasteiger partial charge in [0.15, 0.2) is 6.61 Å². The topological polar surface area (TPSA) is 205 Å². The van der Waals surface area contributed by atoms with Crippen molar-refractivity contribution in [3.05, 3.63) is 110 Å². The molecule has 3 aromatic carbocycles. The number of aliphatic carboxylic acids is 1. The first kappa shape index (κ1) is 34.2. The van der Waals surface area contributed by atoms with Crippen molar-refractivity contribution in [2.45, 2.75) is 47.6 Å². The van der Waals surface area contributed by atoms with E-state index in [0.717, 1.165) is 11.1 Å². The number of benzene rings is 3. The Hall–Kier alpha value is -4.67. The van der Waals surface area contributed by atoms with Crippen molar-refractivity contribution in [3.63, 3.8) is 0 Å². The van der Waals surface area contributed by atoms with Gasteiger partial charge in [-0.05, 0) is 61.4 Å². The normalized spacial score (nSPS) is 19.3. The second-order valence-corrected chi connectivity index (χ2v) is 14.0. The van der Waals surface area contributed by atoms with E-state index >= 15 is 0 Å². The molecule has 2 amide bonds. The number of fused-ring (bicyclic) bond motifs is 1. The van der Waals surface area contributed by atoms with Gasteiger partial charge in [0.05, 0.1) is 9.85 Å². The fraction of sp³-hybridized carbons (Fsp3) is 0.300. The molecule has 2 heterocycles. The Labute approximate surface area is 270 Å². The minimum Gasteiger partial charge on any atom is -0.616 e. The lowest BCUT2D eigenvalue weighted by Crippen LogP contribution is -2.70. The van der Waals surface area contributed by atoms with Gasteiger partial charge in [0.1, 0.15) is 34.7 Å². The van der Waals surface area contributed by atoms with E-state index < -0.39 is 49.7 Å². The summed E-state index contributed by atoms with van der Waals surface area (Å²) in [4.78, 5) is 57.1. The highest BCUT2D eigenvalue weighted by Gasteiger charge is 2.64. The minimum absolute atomic E-state index is 0.00935. The monoisotopic (exact) mass is 670 g/mol. The maximum atomic E-state index is 12.2. The number of carbonyl (C=O) groups excluding carboxylic acids is 2. The quantitative estimate of drug-likeness (QED) is 0.130. The Balaban J connectivity index is 0.000000210. The molecule has 0 spiro atoms. The third-order valence-corrected chi connectivity index (χ3v) is 9.94. The van der Waals surface area contributed by atoms with Crippen molar-refractivity contribution in [1.82, 2.24) is 10.2 Å². The molecule has 0 saturated carbocycles. The highest BCUT2D eigenvalue weighted by atomic mass is 32.2. The van der Waals surface area contributed by atoms with Crippen molar-refractivity contribution < 1.29 is 38.6 Å². The van der Waals surface area contributed by atoms with Crippen LogP contribution < -0.4 is 10.1 Å². The second kappa shape index (κ2) is 14.6. The van der Waals surface area contributed by atoms with E-state index in [0.29, 0.717) is 5.75 Å². The summed E-state index contributed by atoms with van der Waals surface area (Å²) in [6, 6.07) is 19.1. The van der Waals surface area contributed by atoms with Crippen LogP contribution in [0, 0.1) is 20.2 Å². The Bertz CT molecular complexity index is 1530. The lowest BCUT2D eigenvalue weighted by atomic mass is 9.96. The van der Waals surface area contributed by atoms with Gasteiger partial charge in [0.2, 0.25) is 5.91 Å². The van der Waals surface area contributed by atoms with E-state index in [1.807, 2.05) is 6.07 Å². The molecule has 16 heteroatoms. The molecule has 2 N–H and O–H groups in total. The molecule has 2 fully saturated rings. The van der Waals surface area contributed by atoms with E-state index in [2.05, 4.69) is 5.32 Å². The number of non-ortho nitro benzene ring substituents is 2. The number of hydrogen-bond donors (Lipinski definition) is 2. The van der Waals surface area contributed by atoms with Crippen LogP contribution in [0.4, 0.5) is 11.4 Å². The molecule has 0 aromatic heterocycles. The molecule has 14 nitrogen and oxygen atoms in total. The van der Waals surface area contributed by atoms with E-state index in [1.165, 1.54) is 40.9 Å². The first-order valence-electron chi connectivity index (χ1n) is 13.8. The zero-order valence-electron chi connectivity index (χ0n) is 24.6. The average Bonchev–Trinajstić information content (AvgIpc) is 3.28. The molecule has 0 unspecified atom stereocenters. The lowest BCUT2D eigenvalue weighted by Gasteiger charge is -2.43. The number of nitrogens with zero attached hydrogens (tertiary/aromatic N) is 3. The maximum Gasteiger partial charge on any atom is 0.327 e. The van der Waals surface area contributed by atoms with Crippen LogP contribution in [-0.4, -0.2) is 71.0 Å². The van der Waals surface area contributed by atoms with Gasteiger partial charge in [-0.15, -0.1) is 11.8 Å². The first-order chi connectivity index (χ1) is 21.8. The SMILES string of the molecule is CC1(C)S[C@@H]2[C@H](NC(=O)COc3ccccc3)C(=O)N2[C@H]1C(=O)O.O=[N+]([O-])c1ccc(C[S+]([O-])Cc2ccc([N+](=O)[O-])cc2)cc1. The molecule has 0 bridgehead atoms. The Morgan fingerprint density at radius 2 is 1.43 bits per heavy atom. The van der Waals surface area contributed by atoms with Gasteiger partial charge in [0, 0.05) is 40.1 Å². The highest BCUT2D eigenvalue weighted by molar-refractivity contribution is 8.01. The fourth-order valence-electron chi connectivity index (χ4n) is 4.88. The van der Waals surface area contributed by atoms with Crippen LogP contribution in [0.15, 0.2) is 78.9 Å². The first-order valence-corrected chi connectivity index (χ1v) is 16.1. The Kier molecular flexibility index (Phi) is 10.9. The van der Waals surface area contributed by atoms with Crippen LogP contribution in [0.5, 0.6) is 5.75 Å².